The van der Waals surface area contributed by atoms with Crippen molar-refractivity contribution >= 4 is 17.6 Å². The molecule has 2 aromatic rings. The molecule has 0 saturated carbocycles. The number of nitrogens with zero attached hydrogens (tertiary/aromatic N) is 2. The van der Waals surface area contributed by atoms with Crippen molar-refractivity contribution in [3.63, 3.8) is 0 Å². The van der Waals surface area contributed by atoms with E-state index in [4.69, 9.17) is 20.2 Å². The number of benzene rings is 2. The number of ether oxygens (including phenoxy) is 2. The quantitative estimate of drug-likeness (QED) is 0.419. The van der Waals surface area contributed by atoms with Gasteiger partial charge in [-0.1, -0.05) is 24.3 Å². The van der Waals surface area contributed by atoms with Crippen LogP contribution in [0.1, 0.15) is 18.9 Å². The van der Waals surface area contributed by atoms with E-state index in [9.17, 15) is 4.79 Å². The molecule has 31 heavy (non-hydrogen) atoms. The highest BCUT2D eigenvalue weighted by Gasteiger charge is 2.25. The van der Waals surface area contributed by atoms with Crippen molar-refractivity contribution in [2.24, 2.45) is 10.7 Å². The van der Waals surface area contributed by atoms with Gasteiger partial charge >= 0.3 is 0 Å². The zero-order valence-corrected chi connectivity index (χ0v) is 18.1. The number of hydrogen-bond acceptors (Lipinski definition) is 5. The molecule has 8 heteroatoms. The van der Waals surface area contributed by atoms with E-state index in [0.29, 0.717) is 12.3 Å². The van der Waals surface area contributed by atoms with Crippen LogP contribution in [0, 0.1) is 0 Å². The van der Waals surface area contributed by atoms with Crippen LogP contribution in [-0.2, 0) is 11.3 Å². The molecule has 1 aliphatic rings. The van der Waals surface area contributed by atoms with Gasteiger partial charge in [-0.25, -0.2) is 4.99 Å². The number of guanidine groups is 1. The molecule has 0 aromatic heterocycles. The summed E-state index contributed by atoms with van der Waals surface area (Å²) in [5, 5.41) is 6.86. The minimum atomic E-state index is -0.499. The summed E-state index contributed by atoms with van der Waals surface area (Å²) in [5.41, 5.74) is 7.24. The van der Waals surface area contributed by atoms with Gasteiger partial charge in [0.2, 0.25) is 0 Å². The second-order valence-electron chi connectivity index (χ2n) is 7.35. The van der Waals surface area contributed by atoms with Gasteiger partial charge < -0.3 is 30.7 Å². The van der Waals surface area contributed by atoms with Gasteiger partial charge in [-0.2, -0.15) is 0 Å². The molecule has 2 aromatic carbocycles. The summed E-state index contributed by atoms with van der Waals surface area (Å²) < 4.78 is 10.9. The average Bonchev–Trinajstić information content (AvgIpc) is 3.25. The maximum absolute atomic E-state index is 10.9. The highest BCUT2D eigenvalue weighted by atomic mass is 16.5. The number of anilines is 1. The molecule has 1 fully saturated rings. The molecular weight excluding hydrogens is 394 g/mol. The highest BCUT2D eigenvalue weighted by Crippen LogP contribution is 2.30. The van der Waals surface area contributed by atoms with Gasteiger partial charge in [-0.05, 0) is 43.2 Å². The van der Waals surface area contributed by atoms with E-state index in [1.165, 1.54) is 0 Å². The Morgan fingerprint density at radius 2 is 2.10 bits per heavy atom. The molecular formula is C23H31N5O3. The van der Waals surface area contributed by atoms with E-state index < -0.39 is 5.91 Å². The minimum absolute atomic E-state index is 0.138. The van der Waals surface area contributed by atoms with Crippen molar-refractivity contribution in [2.45, 2.75) is 25.9 Å². The van der Waals surface area contributed by atoms with Gasteiger partial charge in [0.25, 0.3) is 5.91 Å². The van der Waals surface area contributed by atoms with Crippen molar-refractivity contribution in [3.8, 4) is 11.5 Å². The van der Waals surface area contributed by atoms with Crippen LogP contribution >= 0.6 is 0 Å². The SMILES string of the molecule is CCNC(=NCc1cccc(OCC(N)=O)c1)NC1CCN(c2ccccc2OC)C1. The van der Waals surface area contributed by atoms with Crippen LogP contribution in [0.3, 0.4) is 0 Å². The first-order valence-electron chi connectivity index (χ1n) is 10.5. The maximum atomic E-state index is 10.9. The Labute approximate surface area is 183 Å². The Bertz CT molecular complexity index is 902. The standard InChI is InChI=1S/C23H31N5O3/c1-3-25-23(26-14-17-7-6-8-19(13-17)31-16-22(24)29)27-18-11-12-28(15-18)20-9-4-5-10-21(20)30-2/h4-10,13,18H,3,11-12,14-16H2,1-2H3,(H2,24,29)(H2,25,26,27). The normalized spacial score (nSPS) is 16.1. The van der Waals surface area contributed by atoms with Gasteiger partial charge in [0, 0.05) is 25.7 Å². The first-order valence-corrected chi connectivity index (χ1v) is 10.5. The number of para-hydroxylation sites is 2. The molecule has 1 amide bonds. The molecule has 3 rings (SSSR count). The first kappa shape index (κ1) is 22.3. The Morgan fingerprint density at radius 1 is 1.26 bits per heavy atom. The van der Waals surface area contributed by atoms with E-state index in [-0.39, 0.29) is 12.6 Å². The number of methoxy groups -OCH3 is 1. The monoisotopic (exact) mass is 425 g/mol. The summed E-state index contributed by atoms with van der Waals surface area (Å²) in [4.78, 5) is 18.0. The molecule has 8 nitrogen and oxygen atoms in total. The summed E-state index contributed by atoms with van der Waals surface area (Å²) in [7, 11) is 1.70. The second kappa shape index (κ2) is 11.1. The largest absolute Gasteiger partial charge is 0.495 e. The van der Waals surface area contributed by atoms with Crippen LogP contribution in [0.5, 0.6) is 11.5 Å². The predicted molar refractivity (Wildman–Crippen MR) is 123 cm³/mol. The first-order chi connectivity index (χ1) is 15.1. The number of rotatable bonds is 9. The summed E-state index contributed by atoms with van der Waals surface area (Å²) in [6, 6.07) is 15.9. The fraction of sp³-hybridized carbons (Fsp3) is 0.391. The molecule has 1 heterocycles. The highest BCUT2D eigenvalue weighted by molar-refractivity contribution is 5.80. The molecule has 0 spiro atoms. The lowest BCUT2D eigenvalue weighted by Crippen LogP contribution is -2.44. The van der Waals surface area contributed by atoms with E-state index in [1.54, 1.807) is 13.2 Å². The number of aliphatic imine (C=N–C) groups is 1. The lowest BCUT2D eigenvalue weighted by atomic mass is 10.2. The number of nitrogens with one attached hydrogen (secondary N) is 2. The fourth-order valence-electron chi connectivity index (χ4n) is 3.56. The van der Waals surface area contributed by atoms with Gasteiger partial charge in [-0.15, -0.1) is 0 Å². The molecule has 1 unspecified atom stereocenters. The van der Waals surface area contributed by atoms with Crippen LogP contribution in [0.4, 0.5) is 5.69 Å². The van der Waals surface area contributed by atoms with Crippen molar-refractivity contribution in [2.75, 3.05) is 38.3 Å². The van der Waals surface area contributed by atoms with Gasteiger partial charge in [-0.3, -0.25) is 4.79 Å². The molecule has 1 aliphatic heterocycles. The Kier molecular flexibility index (Phi) is 7.98. The van der Waals surface area contributed by atoms with Crippen molar-refractivity contribution in [1.29, 1.82) is 0 Å². The van der Waals surface area contributed by atoms with Crippen LogP contribution in [0.15, 0.2) is 53.5 Å². The van der Waals surface area contributed by atoms with Crippen LogP contribution in [0.2, 0.25) is 0 Å². The van der Waals surface area contributed by atoms with Crippen LogP contribution in [0.25, 0.3) is 0 Å². The van der Waals surface area contributed by atoms with E-state index >= 15 is 0 Å². The fourth-order valence-corrected chi connectivity index (χ4v) is 3.56. The van der Waals surface area contributed by atoms with Crippen LogP contribution < -0.4 is 30.7 Å². The van der Waals surface area contributed by atoms with E-state index in [2.05, 4.69) is 21.6 Å². The lowest BCUT2D eigenvalue weighted by molar-refractivity contribution is -0.119. The predicted octanol–water partition coefficient (Wildman–Crippen LogP) is 1.89. The van der Waals surface area contributed by atoms with Crippen LogP contribution in [-0.4, -0.2) is 51.3 Å². The second-order valence-corrected chi connectivity index (χ2v) is 7.35. The van der Waals surface area contributed by atoms with Gasteiger partial charge in [0.15, 0.2) is 12.6 Å². The smallest absolute Gasteiger partial charge is 0.255 e. The third kappa shape index (κ3) is 6.53. The van der Waals surface area contributed by atoms with Crippen molar-refractivity contribution < 1.29 is 14.3 Å². The van der Waals surface area contributed by atoms with Gasteiger partial charge in [0.1, 0.15) is 11.5 Å². The molecule has 166 valence electrons. The zero-order valence-electron chi connectivity index (χ0n) is 18.1. The average molecular weight is 426 g/mol. The zero-order chi connectivity index (χ0) is 22.1. The molecule has 0 aliphatic carbocycles. The summed E-state index contributed by atoms with van der Waals surface area (Å²) >= 11 is 0. The number of primary amides is 1. The number of hydrogen-bond donors (Lipinski definition) is 3. The Hall–Kier alpha value is -3.42. The third-order valence-electron chi connectivity index (χ3n) is 5.00. The lowest BCUT2D eigenvalue weighted by Gasteiger charge is -2.22. The third-order valence-corrected chi connectivity index (χ3v) is 5.00. The van der Waals surface area contributed by atoms with Gasteiger partial charge in [0.05, 0.1) is 19.3 Å². The topological polar surface area (TPSA) is 101 Å². The van der Waals surface area contributed by atoms with Crippen molar-refractivity contribution in [3.05, 3.63) is 54.1 Å². The molecule has 0 bridgehead atoms. The summed E-state index contributed by atoms with van der Waals surface area (Å²) in [6.45, 7) is 5.01. The summed E-state index contributed by atoms with van der Waals surface area (Å²) in [6.07, 6.45) is 1.01. The minimum Gasteiger partial charge on any atom is -0.495 e. The number of nitrogens with two attached hydrogens (primary N) is 1. The van der Waals surface area contributed by atoms with Crippen molar-refractivity contribution in [1.82, 2.24) is 10.6 Å². The number of amides is 1. The molecule has 1 saturated heterocycles. The Balaban J connectivity index is 1.60. The molecule has 4 N–H and O–H groups in total. The molecule has 1 atom stereocenters. The number of carbonyl (C=O) groups is 1. The Morgan fingerprint density at radius 3 is 2.87 bits per heavy atom. The van der Waals surface area contributed by atoms with E-state index in [1.807, 2.05) is 43.3 Å². The maximum Gasteiger partial charge on any atom is 0.255 e. The summed E-state index contributed by atoms with van der Waals surface area (Å²) in [5.74, 6) is 1.77. The number of carbonyl (C=O) groups excluding carboxylic acids is 1. The van der Waals surface area contributed by atoms with E-state index in [0.717, 1.165) is 49.0 Å². The molecule has 0 radical (unpaired) electrons.